The zero-order valence-corrected chi connectivity index (χ0v) is 18.8. The summed E-state index contributed by atoms with van der Waals surface area (Å²) in [7, 11) is 0. The second-order valence-electron chi connectivity index (χ2n) is 9.57. The van der Waals surface area contributed by atoms with Crippen LogP contribution < -0.4 is 10.6 Å². The molecule has 2 unspecified atom stereocenters. The van der Waals surface area contributed by atoms with E-state index in [1.807, 2.05) is 12.1 Å². The minimum Gasteiger partial charge on any atom is -0.390 e. The minimum absolute atomic E-state index is 0.177. The zero-order chi connectivity index (χ0) is 22.7. The first-order valence-corrected chi connectivity index (χ1v) is 11.6. The maximum absolute atomic E-state index is 10.1. The van der Waals surface area contributed by atoms with Crippen molar-refractivity contribution in [1.82, 2.24) is 14.8 Å². The number of allylic oxidation sites excluding steroid dienone is 2. The van der Waals surface area contributed by atoms with Gasteiger partial charge in [0, 0.05) is 66.9 Å². The van der Waals surface area contributed by atoms with Gasteiger partial charge >= 0.3 is 0 Å². The summed E-state index contributed by atoms with van der Waals surface area (Å²) in [6, 6.07) is 10.5. The number of piperazine rings is 1. The maximum Gasteiger partial charge on any atom is 0.101 e. The molecule has 0 saturated carbocycles. The van der Waals surface area contributed by atoms with Crippen LogP contribution in [0.3, 0.4) is 0 Å². The predicted molar refractivity (Wildman–Crippen MR) is 128 cm³/mol. The van der Waals surface area contributed by atoms with E-state index in [1.54, 1.807) is 6.20 Å². The molecule has 7 heteroatoms. The highest BCUT2D eigenvalue weighted by molar-refractivity contribution is 5.95. The first-order chi connectivity index (χ1) is 16.0. The number of β-amino-alcohol motifs (C(OH)–C–C–N with tert-alkyl or cyclic N) is 1. The highest BCUT2D eigenvalue weighted by atomic mass is 16.3. The van der Waals surface area contributed by atoms with Gasteiger partial charge in [-0.05, 0) is 54.8 Å². The Morgan fingerprint density at radius 1 is 1.15 bits per heavy atom. The molecule has 0 bridgehead atoms. The molecule has 1 aromatic carbocycles. The van der Waals surface area contributed by atoms with Crippen molar-refractivity contribution in [2.45, 2.75) is 31.5 Å². The average Bonchev–Trinajstić information content (AvgIpc) is 3.37. The molecule has 0 spiro atoms. The molecule has 3 atom stereocenters. The van der Waals surface area contributed by atoms with Gasteiger partial charge < -0.3 is 25.5 Å². The Balaban J connectivity index is 1.32. The number of nitrogens with two attached hydrogens (primary N) is 1. The number of pyridine rings is 1. The second-order valence-corrected chi connectivity index (χ2v) is 9.57. The molecule has 2 saturated heterocycles. The Morgan fingerprint density at radius 2 is 2.03 bits per heavy atom. The van der Waals surface area contributed by atoms with Gasteiger partial charge in [-0.1, -0.05) is 6.08 Å². The van der Waals surface area contributed by atoms with Crippen LogP contribution in [0.1, 0.15) is 18.9 Å². The smallest absolute Gasteiger partial charge is 0.101 e. The van der Waals surface area contributed by atoms with Crippen molar-refractivity contribution in [3.05, 3.63) is 70.7 Å². The summed E-state index contributed by atoms with van der Waals surface area (Å²) in [5.74, 6) is 0. The molecule has 2 aromatic rings. The third-order valence-corrected chi connectivity index (χ3v) is 7.52. The summed E-state index contributed by atoms with van der Waals surface area (Å²) in [6.07, 6.45) is 6.79. The third kappa shape index (κ3) is 3.21. The lowest BCUT2D eigenvalue weighted by Crippen LogP contribution is -2.49. The van der Waals surface area contributed by atoms with Crippen LogP contribution in [-0.2, 0) is 0 Å². The molecule has 4 heterocycles. The normalized spacial score (nSPS) is 26.8. The van der Waals surface area contributed by atoms with Gasteiger partial charge in [-0.3, -0.25) is 4.98 Å². The van der Waals surface area contributed by atoms with E-state index in [2.05, 4.69) is 57.0 Å². The van der Waals surface area contributed by atoms with Gasteiger partial charge in [0.1, 0.15) is 6.07 Å². The molecule has 1 aliphatic carbocycles. The van der Waals surface area contributed by atoms with E-state index < -0.39 is 6.10 Å². The summed E-state index contributed by atoms with van der Waals surface area (Å²) in [6.45, 7) is 6.32. The Morgan fingerprint density at radius 3 is 2.82 bits per heavy atom. The van der Waals surface area contributed by atoms with Crippen LogP contribution in [0.2, 0.25) is 0 Å². The van der Waals surface area contributed by atoms with Crippen molar-refractivity contribution < 1.29 is 5.11 Å². The van der Waals surface area contributed by atoms with Crippen LogP contribution in [0.25, 0.3) is 10.9 Å². The molecule has 168 valence electrons. The number of rotatable bonds is 2. The molecule has 3 aliphatic heterocycles. The van der Waals surface area contributed by atoms with Gasteiger partial charge in [-0.15, -0.1) is 0 Å². The Kier molecular flexibility index (Phi) is 4.68. The fourth-order valence-electron chi connectivity index (χ4n) is 5.78. The van der Waals surface area contributed by atoms with Crippen LogP contribution in [0.15, 0.2) is 65.2 Å². The largest absolute Gasteiger partial charge is 0.390 e. The molecule has 2 fully saturated rings. The van der Waals surface area contributed by atoms with Gasteiger partial charge in [-0.2, -0.15) is 5.26 Å². The van der Waals surface area contributed by atoms with E-state index in [1.165, 1.54) is 22.5 Å². The highest BCUT2D eigenvalue weighted by Gasteiger charge is 2.37. The van der Waals surface area contributed by atoms with Gasteiger partial charge in [0.25, 0.3) is 0 Å². The Bertz CT molecular complexity index is 1260. The van der Waals surface area contributed by atoms with E-state index >= 15 is 0 Å². The molecule has 33 heavy (non-hydrogen) atoms. The van der Waals surface area contributed by atoms with Crippen LogP contribution in [0, 0.1) is 11.3 Å². The topological polar surface area (TPSA) is 92.7 Å². The molecule has 4 aliphatic rings. The summed E-state index contributed by atoms with van der Waals surface area (Å²) in [5.41, 5.74) is 14.0. The van der Waals surface area contributed by atoms with Crippen molar-refractivity contribution in [3.63, 3.8) is 0 Å². The maximum atomic E-state index is 10.1. The number of aliphatic hydroxyl groups excluding tert-OH is 1. The molecule has 7 nitrogen and oxygen atoms in total. The predicted octanol–water partition coefficient (Wildman–Crippen LogP) is 2.10. The van der Waals surface area contributed by atoms with Crippen molar-refractivity contribution in [2.24, 2.45) is 5.73 Å². The summed E-state index contributed by atoms with van der Waals surface area (Å²) >= 11 is 0. The standard InChI is InChI=1S/C26H28N6O/c1-16-11-31(23-7-4-17(10-27)26-21(23)3-2-8-29-26)14-24-20-6-5-19(9-18(20)12-32(16)24)30-13-22(28)25(33)15-30/h2-5,7-9,16,22,25,33H,6,11-15,28H2,1H3/t16-,22?,25?/m1/s1. The zero-order valence-electron chi connectivity index (χ0n) is 18.8. The molecular formula is C26H28N6O. The molecule has 0 radical (unpaired) electrons. The number of aliphatic hydroxyl groups is 1. The Labute approximate surface area is 193 Å². The molecule has 6 rings (SSSR count). The first-order valence-electron chi connectivity index (χ1n) is 11.6. The number of benzene rings is 1. The van der Waals surface area contributed by atoms with Crippen molar-refractivity contribution in [1.29, 1.82) is 5.26 Å². The van der Waals surface area contributed by atoms with Crippen LogP contribution >= 0.6 is 0 Å². The number of hydrogen-bond donors (Lipinski definition) is 2. The van der Waals surface area contributed by atoms with E-state index in [0.717, 1.165) is 42.6 Å². The van der Waals surface area contributed by atoms with Gasteiger partial charge in [0.05, 0.1) is 23.7 Å². The van der Waals surface area contributed by atoms with Crippen LogP contribution in [-0.4, -0.2) is 70.8 Å². The molecule has 1 aromatic heterocycles. The Hall–Kier alpha value is -3.34. The van der Waals surface area contributed by atoms with E-state index in [4.69, 9.17) is 5.73 Å². The number of likely N-dealkylation sites (tertiary alicyclic amines) is 1. The number of nitrogens with zero attached hydrogens (tertiary/aromatic N) is 5. The first kappa shape index (κ1) is 20.3. The second kappa shape index (κ2) is 7.62. The average molecular weight is 441 g/mol. The lowest BCUT2D eigenvalue weighted by molar-refractivity contribution is 0.170. The summed E-state index contributed by atoms with van der Waals surface area (Å²) < 4.78 is 0. The molecule has 3 N–H and O–H groups in total. The molecule has 0 amide bonds. The summed E-state index contributed by atoms with van der Waals surface area (Å²) in [4.78, 5) is 11.7. The fourth-order valence-corrected chi connectivity index (χ4v) is 5.78. The summed E-state index contributed by atoms with van der Waals surface area (Å²) in [5, 5.41) is 20.6. The lowest BCUT2D eigenvalue weighted by atomic mass is 9.96. The van der Waals surface area contributed by atoms with Crippen molar-refractivity contribution >= 4 is 16.6 Å². The van der Waals surface area contributed by atoms with E-state index in [-0.39, 0.29) is 6.04 Å². The van der Waals surface area contributed by atoms with Gasteiger partial charge in [0.2, 0.25) is 0 Å². The quantitative estimate of drug-likeness (QED) is 0.739. The highest BCUT2D eigenvalue weighted by Crippen LogP contribution is 2.41. The number of anilines is 1. The van der Waals surface area contributed by atoms with Crippen molar-refractivity contribution in [2.75, 3.05) is 37.6 Å². The van der Waals surface area contributed by atoms with E-state index in [9.17, 15) is 10.4 Å². The third-order valence-electron chi connectivity index (χ3n) is 7.52. The van der Waals surface area contributed by atoms with Crippen LogP contribution in [0.5, 0.6) is 0 Å². The fraction of sp³-hybridized carbons (Fsp3) is 0.385. The lowest BCUT2D eigenvalue weighted by Gasteiger charge is -2.42. The number of fused-ring (bicyclic) bond motifs is 3. The van der Waals surface area contributed by atoms with Gasteiger partial charge in [0.15, 0.2) is 0 Å². The monoisotopic (exact) mass is 440 g/mol. The number of hydrogen-bond acceptors (Lipinski definition) is 7. The number of nitriles is 1. The van der Waals surface area contributed by atoms with E-state index in [0.29, 0.717) is 24.7 Å². The minimum atomic E-state index is -0.454. The molecular weight excluding hydrogens is 412 g/mol. The number of aromatic nitrogens is 1. The SMILES string of the molecule is C[C@@H]1CN(c2ccc(C#N)c3ncccc23)CC2=C3CC=C(N4CC(N)C(O)C4)C=C3CN21. The van der Waals surface area contributed by atoms with Crippen LogP contribution in [0.4, 0.5) is 5.69 Å². The van der Waals surface area contributed by atoms with Crippen molar-refractivity contribution in [3.8, 4) is 6.07 Å². The van der Waals surface area contributed by atoms with Gasteiger partial charge in [-0.25, -0.2) is 0 Å².